The fraction of sp³-hybridized carbons (Fsp3) is 0.500. The molecule has 1 aromatic carbocycles. The van der Waals surface area contributed by atoms with Gasteiger partial charge in [-0.25, -0.2) is 4.79 Å². The molecular weight excluding hydrogens is 282 g/mol. The summed E-state index contributed by atoms with van der Waals surface area (Å²) < 4.78 is 0. The Labute approximate surface area is 130 Å². The lowest BCUT2D eigenvalue weighted by atomic mass is 10.1. The number of benzene rings is 1. The van der Waals surface area contributed by atoms with E-state index in [-0.39, 0.29) is 5.91 Å². The van der Waals surface area contributed by atoms with E-state index in [1.165, 1.54) is 4.90 Å². The van der Waals surface area contributed by atoms with Crippen LogP contribution in [-0.2, 0) is 11.2 Å². The van der Waals surface area contributed by atoms with Crippen molar-refractivity contribution in [1.29, 1.82) is 0 Å². The number of hydrogen-bond donors (Lipinski definition) is 1. The average Bonchev–Trinajstić information content (AvgIpc) is 2.74. The van der Waals surface area contributed by atoms with Crippen LogP contribution in [0.4, 0.5) is 10.5 Å². The third kappa shape index (κ3) is 4.13. The molecule has 0 aromatic heterocycles. The summed E-state index contributed by atoms with van der Waals surface area (Å²) >= 11 is 0. The Morgan fingerprint density at radius 3 is 2.36 bits per heavy atom. The first-order chi connectivity index (χ1) is 10.5. The Kier molecular flexibility index (Phi) is 5.25. The molecule has 2 amide bonds. The number of carbonyl (C=O) groups is 2. The van der Waals surface area contributed by atoms with E-state index in [0.29, 0.717) is 26.1 Å². The van der Waals surface area contributed by atoms with Crippen molar-refractivity contribution >= 4 is 17.7 Å². The molecule has 6 nitrogen and oxygen atoms in total. The van der Waals surface area contributed by atoms with Gasteiger partial charge in [-0.05, 0) is 24.1 Å². The SMILES string of the molecule is CN(C)C(=O)Cc1ccc(N2CCCN(C(=O)O)CC2)cc1. The number of carboxylic acid groups (broad SMARTS) is 1. The highest BCUT2D eigenvalue weighted by Crippen LogP contribution is 2.18. The fourth-order valence-corrected chi connectivity index (χ4v) is 2.52. The van der Waals surface area contributed by atoms with E-state index in [4.69, 9.17) is 5.11 Å². The van der Waals surface area contributed by atoms with Crippen LogP contribution in [0.2, 0.25) is 0 Å². The van der Waals surface area contributed by atoms with Crippen molar-refractivity contribution in [2.24, 2.45) is 0 Å². The van der Waals surface area contributed by atoms with Gasteiger partial charge >= 0.3 is 6.09 Å². The predicted molar refractivity (Wildman–Crippen MR) is 85.3 cm³/mol. The number of hydrogen-bond acceptors (Lipinski definition) is 3. The molecule has 6 heteroatoms. The normalized spacial score (nSPS) is 15.4. The Morgan fingerprint density at radius 2 is 1.77 bits per heavy atom. The molecule has 0 spiro atoms. The summed E-state index contributed by atoms with van der Waals surface area (Å²) in [4.78, 5) is 28.0. The Bertz CT molecular complexity index is 528. The third-order valence-electron chi connectivity index (χ3n) is 3.92. The summed E-state index contributed by atoms with van der Waals surface area (Å²) in [5.41, 5.74) is 2.07. The maximum Gasteiger partial charge on any atom is 0.407 e. The van der Waals surface area contributed by atoms with Crippen molar-refractivity contribution in [2.75, 3.05) is 45.2 Å². The lowest BCUT2D eigenvalue weighted by Gasteiger charge is -2.23. The van der Waals surface area contributed by atoms with Crippen LogP contribution in [0, 0.1) is 0 Å². The summed E-state index contributed by atoms with van der Waals surface area (Å²) in [6, 6.07) is 7.95. The van der Waals surface area contributed by atoms with Crippen LogP contribution in [0.15, 0.2) is 24.3 Å². The second-order valence-electron chi connectivity index (χ2n) is 5.74. The highest BCUT2D eigenvalue weighted by molar-refractivity contribution is 5.78. The summed E-state index contributed by atoms with van der Waals surface area (Å²) in [6.45, 7) is 2.65. The molecule has 0 aliphatic carbocycles. The first-order valence-corrected chi connectivity index (χ1v) is 7.49. The molecule has 0 unspecified atom stereocenters. The van der Waals surface area contributed by atoms with E-state index in [0.717, 1.165) is 24.2 Å². The Morgan fingerprint density at radius 1 is 1.09 bits per heavy atom. The molecular formula is C16H23N3O3. The van der Waals surface area contributed by atoms with Crippen LogP contribution in [0.1, 0.15) is 12.0 Å². The number of nitrogens with zero attached hydrogens (tertiary/aromatic N) is 3. The maximum absolute atomic E-state index is 11.7. The van der Waals surface area contributed by atoms with Gasteiger partial charge in [0, 0.05) is 46.0 Å². The molecule has 1 aromatic rings. The number of rotatable bonds is 3. The van der Waals surface area contributed by atoms with Gasteiger partial charge in [0.15, 0.2) is 0 Å². The summed E-state index contributed by atoms with van der Waals surface area (Å²) in [5, 5.41) is 9.06. The molecule has 0 bridgehead atoms. The van der Waals surface area contributed by atoms with Gasteiger partial charge in [-0.1, -0.05) is 12.1 Å². The monoisotopic (exact) mass is 305 g/mol. The molecule has 1 N–H and O–H groups in total. The second-order valence-corrected chi connectivity index (χ2v) is 5.74. The van der Waals surface area contributed by atoms with Crippen molar-refractivity contribution in [2.45, 2.75) is 12.8 Å². The Balaban J connectivity index is 1.98. The molecule has 120 valence electrons. The number of likely N-dealkylation sites (N-methyl/N-ethyl adjacent to an activating group) is 1. The third-order valence-corrected chi connectivity index (χ3v) is 3.92. The van der Waals surface area contributed by atoms with E-state index >= 15 is 0 Å². The molecule has 1 fully saturated rings. The van der Waals surface area contributed by atoms with Crippen LogP contribution in [-0.4, -0.2) is 67.2 Å². The minimum Gasteiger partial charge on any atom is -0.465 e. The van der Waals surface area contributed by atoms with E-state index in [9.17, 15) is 9.59 Å². The topological polar surface area (TPSA) is 64.1 Å². The van der Waals surface area contributed by atoms with Gasteiger partial charge in [0.1, 0.15) is 0 Å². The minimum atomic E-state index is -0.848. The lowest BCUT2D eigenvalue weighted by molar-refractivity contribution is -0.127. The molecule has 0 saturated carbocycles. The van der Waals surface area contributed by atoms with Gasteiger partial charge in [0.2, 0.25) is 5.91 Å². The zero-order valence-electron chi connectivity index (χ0n) is 13.2. The molecule has 22 heavy (non-hydrogen) atoms. The van der Waals surface area contributed by atoms with Gasteiger partial charge in [0.25, 0.3) is 0 Å². The van der Waals surface area contributed by atoms with Gasteiger partial charge in [-0.2, -0.15) is 0 Å². The quantitative estimate of drug-likeness (QED) is 0.919. The zero-order chi connectivity index (χ0) is 16.1. The Hall–Kier alpha value is -2.24. The highest BCUT2D eigenvalue weighted by Gasteiger charge is 2.18. The number of carbonyl (C=O) groups excluding carboxylic acids is 1. The summed E-state index contributed by atoms with van der Waals surface area (Å²) in [5.74, 6) is 0.0830. The standard InChI is InChI=1S/C16H23N3O3/c1-17(2)15(20)12-13-4-6-14(7-5-13)18-8-3-9-19(11-10-18)16(21)22/h4-7H,3,8-12H2,1-2H3,(H,21,22). The van der Waals surface area contributed by atoms with Crippen molar-refractivity contribution in [1.82, 2.24) is 9.80 Å². The first-order valence-electron chi connectivity index (χ1n) is 7.49. The highest BCUT2D eigenvalue weighted by atomic mass is 16.4. The van der Waals surface area contributed by atoms with Gasteiger partial charge in [-0.3, -0.25) is 4.79 Å². The smallest absolute Gasteiger partial charge is 0.407 e. The minimum absolute atomic E-state index is 0.0830. The van der Waals surface area contributed by atoms with E-state index in [1.54, 1.807) is 19.0 Å². The zero-order valence-corrected chi connectivity index (χ0v) is 13.2. The summed E-state index contributed by atoms with van der Waals surface area (Å²) in [7, 11) is 3.50. The van der Waals surface area contributed by atoms with Gasteiger partial charge in [-0.15, -0.1) is 0 Å². The lowest BCUT2D eigenvalue weighted by Crippen LogP contribution is -2.34. The van der Waals surface area contributed by atoms with Crippen LogP contribution >= 0.6 is 0 Å². The first kappa shape index (κ1) is 16.1. The number of amides is 2. The second kappa shape index (κ2) is 7.15. The molecule has 0 atom stereocenters. The van der Waals surface area contributed by atoms with Crippen LogP contribution < -0.4 is 4.90 Å². The number of anilines is 1. The van der Waals surface area contributed by atoms with Crippen molar-refractivity contribution in [3.8, 4) is 0 Å². The molecule has 1 saturated heterocycles. The molecule has 2 rings (SSSR count). The molecule has 1 aliphatic heterocycles. The predicted octanol–water partition coefficient (Wildman–Crippen LogP) is 1.51. The fourth-order valence-electron chi connectivity index (χ4n) is 2.52. The molecule has 1 heterocycles. The average molecular weight is 305 g/mol. The van der Waals surface area contributed by atoms with Crippen molar-refractivity contribution in [3.05, 3.63) is 29.8 Å². The van der Waals surface area contributed by atoms with Crippen LogP contribution in [0.5, 0.6) is 0 Å². The van der Waals surface area contributed by atoms with Crippen molar-refractivity contribution in [3.63, 3.8) is 0 Å². The largest absolute Gasteiger partial charge is 0.465 e. The van der Waals surface area contributed by atoms with E-state index in [2.05, 4.69) is 4.90 Å². The van der Waals surface area contributed by atoms with E-state index in [1.807, 2.05) is 24.3 Å². The van der Waals surface area contributed by atoms with Crippen LogP contribution in [0.25, 0.3) is 0 Å². The molecule has 0 radical (unpaired) electrons. The van der Waals surface area contributed by atoms with E-state index < -0.39 is 6.09 Å². The van der Waals surface area contributed by atoms with Gasteiger partial charge < -0.3 is 19.8 Å². The van der Waals surface area contributed by atoms with Crippen molar-refractivity contribution < 1.29 is 14.7 Å². The summed E-state index contributed by atoms with van der Waals surface area (Å²) in [6.07, 6.45) is 0.382. The van der Waals surface area contributed by atoms with Crippen LogP contribution in [0.3, 0.4) is 0 Å². The van der Waals surface area contributed by atoms with Gasteiger partial charge in [0.05, 0.1) is 6.42 Å². The molecule has 1 aliphatic rings. The maximum atomic E-state index is 11.7.